The molecule has 0 bridgehead atoms. The lowest BCUT2D eigenvalue weighted by molar-refractivity contribution is 0.0616. The Morgan fingerprint density at radius 1 is 0.967 bits per heavy atom. The zero-order valence-electron chi connectivity index (χ0n) is 16.8. The normalized spacial score (nSPS) is 14.8. The standard InChI is InChI=1S/C22H23Cl2N5O/c1-2-19-25-21(26-29(19)20-17(23)9-6-10-18(20)24)22(30)28-13-11-27(12-14-28)15-16-7-4-3-5-8-16/h3-10H,2,11-15H2,1H3. The van der Waals surface area contributed by atoms with E-state index in [1.165, 1.54) is 5.56 Å². The van der Waals surface area contributed by atoms with Gasteiger partial charge in [0.2, 0.25) is 5.82 Å². The number of halogens is 2. The third-order valence-corrected chi connectivity index (χ3v) is 5.85. The molecular formula is C22H23Cl2N5O. The molecule has 0 atom stereocenters. The van der Waals surface area contributed by atoms with Gasteiger partial charge in [0.25, 0.3) is 5.91 Å². The Bertz CT molecular complexity index is 1010. The summed E-state index contributed by atoms with van der Waals surface area (Å²) in [6, 6.07) is 15.6. The molecule has 0 radical (unpaired) electrons. The molecule has 1 aliphatic heterocycles. The fourth-order valence-electron chi connectivity index (χ4n) is 3.63. The van der Waals surface area contributed by atoms with Gasteiger partial charge >= 0.3 is 0 Å². The summed E-state index contributed by atoms with van der Waals surface area (Å²) < 4.78 is 1.59. The Morgan fingerprint density at radius 2 is 1.63 bits per heavy atom. The summed E-state index contributed by atoms with van der Waals surface area (Å²) in [4.78, 5) is 21.7. The molecule has 1 aromatic heterocycles. The molecule has 8 heteroatoms. The number of benzene rings is 2. The van der Waals surface area contributed by atoms with Gasteiger partial charge in [-0.2, -0.15) is 0 Å². The van der Waals surface area contributed by atoms with Gasteiger partial charge in [0.05, 0.1) is 10.0 Å². The molecule has 0 saturated carbocycles. The third-order valence-electron chi connectivity index (χ3n) is 5.24. The Labute approximate surface area is 186 Å². The molecule has 1 saturated heterocycles. The number of carbonyl (C=O) groups is 1. The van der Waals surface area contributed by atoms with E-state index in [2.05, 4.69) is 27.1 Å². The fraction of sp³-hybridized carbons (Fsp3) is 0.318. The number of aromatic nitrogens is 3. The monoisotopic (exact) mass is 443 g/mol. The van der Waals surface area contributed by atoms with Gasteiger partial charge in [0.15, 0.2) is 0 Å². The number of rotatable bonds is 5. The maximum Gasteiger partial charge on any atom is 0.293 e. The topological polar surface area (TPSA) is 54.3 Å². The SMILES string of the molecule is CCc1nc(C(=O)N2CCN(Cc3ccccc3)CC2)nn1-c1c(Cl)cccc1Cl. The number of hydrogen-bond acceptors (Lipinski definition) is 4. The molecule has 2 heterocycles. The zero-order chi connectivity index (χ0) is 21.1. The highest BCUT2D eigenvalue weighted by molar-refractivity contribution is 6.37. The van der Waals surface area contributed by atoms with E-state index in [9.17, 15) is 4.79 Å². The molecule has 0 unspecified atom stereocenters. The van der Waals surface area contributed by atoms with Crippen LogP contribution in [0.5, 0.6) is 0 Å². The van der Waals surface area contributed by atoms with Gasteiger partial charge in [0.1, 0.15) is 11.5 Å². The first kappa shape index (κ1) is 20.8. The minimum Gasteiger partial charge on any atom is -0.333 e. The summed E-state index contributed by atoms with van der Waals surface area (Å²) in [7, 11) is 0. The van der Waals surface area contributed by atoms with Crippen LogP contribution in [-0.4, -0.2) is 56.7 Å². The highest BCUT2D eigenvalue weighted by Crippen LogP contribution is 2.29. The van der Waals surface area contributed by atoms with Crippen LogP contribution in [0.25, 0.3) is 5.69 Å². The van der Waals surface area contributed by atoms with Gasteiger partial charge < -0.3 is 4.90 Å². The lowest BCUT2D eigenvalue weighted by Crippen LogP contribution is -2.48. The molecule has 1 aliphatic rings. The zero-order valence-corrected chi connectivity index (χ0v) is 18.3. The van der Waals surface area contributed by atoms with Crippen molar-refractivity contribution in [2.45, 2.75) is 19.9 Å². The van der Waals surface area contributed by atoms with Gasteiger partial charge in [-0.25, -0.2) is 9.67 Å². The minimum absolute atomic E-state index is 0.161. The van der Waals surface area contributed by atoms with Gasteiger partial charge in [-0.15, -0.1) is 5.10 Å². The van der Waals surface area contributed by atoms with Crippen LogP contribution in [0.2, 0.25) is 10.0 Å². The highest BCUT2D eigenvalue weighted by atomic mass is 35.5. The van der Waals surface area contributed by atoms with Crippen LogP contribution < -0.4 is 0 Å². The third kappa shape index (κ3) is 4.36. The second-order valence-corrected chi connectivity index (χ2v) is 8.06. The molecule has 1 fully saturated rings. The van der Waals surface area contributed by atoms with Crippen LogP contribution in [0.3, 0.4) is 0 Å². The van der Waals surface area contributed by atoms with Gasteiger partial charge in [-0.05, 0) is 17.7 Å². The Kier molecular flexibility index (Phi) is 6.37. The van der Waals surface area contributed by atoms with Crippen molar-refractivity contribution in [3.63, 3.8) is 0 Å². The van der Waals surface area contributed by atoms with E-state index in [-0.39, 0.29) is 11.7 Å². The summed E-state index contributed by atoms with van der Waals surface area (Å²) in [6.45, 7) is 5.78. The van der Waals surface area contributed by atoms with E-state index < -0.39 is 0 Å². The summed E-state index contributed by atoms with van der Waals surface area (Å²) in [5.74, 6) is 0.668. The molecule has 0 spiro atoms. The predicted molar refractivity (Wildman–Crippen MR) is 118 cm³/mol. The number of amides is 1. The van der Waals surface area contributed by atoms with E-state index >= 15 is 0 Å². The van der Waals surface area contributed by atoms with Gasteiger partial charge in [-0.3, -0.25) is 9.69 Å². The number of para-hydroxylation sites is 1. The first-order valence-corrected chi connectivity index (χ1v) is 10.8. The van der Waals surface area contributed by atoms with E-state index in [0.717, 1.165) is 19.6 Å². The van der Waals surface area contributed by atoms with Crippen molar-refractivity contribution in [3.8, 4) is 5.69 Å². The van der Waals surface area contributed by atoms with Crippen LogP contribution in [0.15, 0.2) is 48.5 Å². The van der Waals surface area contributed by atoms with E-state index in [0.29, 0.717) is 41.1 Å². The molecule has 2 aromatic carbocycles. The summed E-state index contributed by atoms with van der Waals surface area (Å²) in [6.07, 6.45) is 0.604. The van der Waals surface area contributed by atoms with Crippen molar-refractivity contribution < 1.29 is 4.79 Å². The highest BCUT2D eigenvalue weighted by Gasteiger charge is 2.26. The Hall–Kier alpha value is -2.41. The molecule has 0 aliphatic carbocycles. The molecule has 6 nitrogen and oxygen atoms in total. The summed E-state index contributed by atoms with van der Waals surface area (Å²) >= 11 is 12.7. The molecule has 156 valence electrons. The average Bonchev–Trinajstić information content (AvgIpc) is 3.18. The van der Waals surface area contributed by atoms with Gasteiger partial charge in [0, 0.05) is 39.1 Å². The number of nitrogens with zero attached hydrogens (tertiary/aromatic N) is 5. The smallest absolute Gasteiger partial charge is 0.293 e. The van der Waals surface area contributed by atoms with E-state index in [1.807, 2.05) is 30.0 Å². The molecule has 1 amide bonds. The Balaban J connectivity index is 1.47. The second-order valence-electron chi connectivity index (χ2n) is 7.24. The quantitative estimate of drug-likeness (QED) is 0.595. The number of hydrogen-bond donors (Lipinski definition) is 0. The van der Waals surface area contributed by atoms with Crippen LogP contribution >= 0.6 is 23.2 Å². The number of aryl methyl sites for hydroxylation is 1. The largest absolute Gasteiger partial charge is 0.333 e. The van der Waals surface area contributed by atoms with Crippen molar-refractivity contribution in [3.05, 3.63) is 75.8 Å². The first-order valence-electron chi connectivity index (χ1n) is 10.0. The van der Waals surface area contributed by atoms with Crippen LogP contribution in [0.1, 0.15) is 28.9 Å². The number of piperazine rings is 1. The van der Waals surface area contributed by atoms with Gasteiger partial charge in [-0.1, -0.05) is 66.5 Å². The van der Waals surface area contributed by atoms with Crippen molar-refractivity contribution in [2.24, 2.45) is 0 Å². The molecular weight excluding hydrogens is 421 g/mol. The number of carbonyl (C=O) groups excluding carboxylic acids is 1. The van der Waals surface area contributed by atoms with Crippen LogP contribution in [-0.2, 0) is 13.0 Å². The van der Waals surface area contributed by atoms with Crippen molar-refractivity contribution in [2.75, 3.05) is 26.2 Å². The maximum absolute atomic E-state index is 13.1. The van der Waals surface area contributed by atoms with Crippen molar-refractivity contribution in [1.29, 1.82) is 0 Å². The fourth-order valence-corrected chi connectivity index (χ4v) is 4.18. The first-order chi connectivity index (χ1) is 14.6. The van der Waals surface area contributed by atoms with E-state index in [4.69, 9.17) is 23.2 Å². The van der Waals surface area contributed by atoms with Crippen LogP contribution in [0, 0.1) is 0 Å². The summed E-state index contributed by atoms with van der Waals surface area (Å²) in [5.41, 5.74) is 1.83. The van der Waals surface area contributed by atoms with Crippen molar-refractivity contribution >= 4 is 29.1 Å². The van der Waals surface area contributed by atoms with Crippen molar-refractivity contribution in [1.82, 2.24) is 24.6 Å². The molecule has 30 heavy (non-hydrogen) atoms. The minimum atomic E-state index is -0.161. The molecule has 3 aromatic rings. The second kappa shape index (κ2) is 9.16. The summed E-state index contributed by atoms with van der Waals surface area (Å²) in [5, 5.41) is 5.40. The lowest BCUT2D eigenvalue weighted by Gasteiger charge is -2.34. The lowest BCUT2D eigenvalue weighted by atomic mass is 10.2. The van der Waals surface area contributed by atoms with E-state index in [1.54, 1.807) is 22.9 Å². The predicted octanol–water partition coefficient (Wildman–Crippen LogP) is 4.09. The molecule has 4 rings (SSSR count). The Morgan fingerprint density at radius 3 is 2.27 bits per heavy atom. The molecule has 0 N–H and O–H groups in total. The maximum atomic E-state index is 13.1. The average molecular weight is 444 g/mol. The van der Waals surface area contributed by atoms with Crippen LogP contribution in [0.4, 0.5) is 0 Å².